The van der Waals surface area contributed by atoms with Gasteiger partial charge in [-0.05, 0) is 31.5 Å². The van der Waals surface area contributed by atoms with Crippen LogP contribution in [0.5, 0.6) is 0 Å². The minimum atomic E-state index is -1.07. The first-order valence-corrected chi connectivity index (χ1v) is 6.27. The lowest BCUT2D eigenvalue weighted by atomic mass is 10.0. The van der Waals surface area contributed by atoms with Crippen molar-refractivity contribution in [2.24, 2.45) is 0 Å². The molecule has 0 radical (unpaired) electrons. The molecule has 0 unspecified atom stereocenters. The fourth-order valence-corrected chi connectivity index (χ4v) is 2.03. The lowest BCUT2D eigenvalue weighted by Gasteiger charge is -2.03. The number of rotatable bonds is 3. The molecule has 6 heteroatoms. The summed E-state index contributed by atoms with van der Waals surface area (Å²) >= 11 is 3.38. The second-order valence-corrected chi connectivity index (χ2v) is 4.77. The predicted octanol–water partition coefficient (Wildman–Crippen LogP) is 2.73. The maximum atomic E-state index is 11.2. The minimum absolute atomic E-state index is 0.0157. The highest BCUT2D eigenvalue weighted by atomic mass is 79.9. The van der Waals surface area contributed by atoms with Crippen LogP contribution < -0.4 is 0 Å². The Hall–Kier alpha value is -1.69. The molecular weight excluding hydrogens is 298 g/mol. The number of aryl methyl sites for hydroxylation is 2. The van der Waals surface area contributed by atoms with E-state index in [-0.39, 0.29) is 5.69 Å². The number of carbonyl (C=O) groups is 1. The van der Waals surface area contributed by atoms with Crippen molar-refractivity contribution < 1.29 is 9.90 Å². The first kappa shape index (κ1) is 12.8. The lowest BCUT2D eigenvalue weighted by Crippen LogP contribution is -2.02. The maximum Gasteiger partial charge on any atom is 0.358 e. The van der Waals surface area contributed by atoms with Crippen LogP contribution >= 0.6 is 15.9 Å². The van der Waals surface area contributed by atoms with Gasteiger partial charge in [0.25, 0.3) is 0 Å². The van der Waals surface area contributed by atoms with Gasteiger partial charge < -0.3 is 5.11 Å². The summed E-state index contributed by atoms with van der Waals surface area (Å²) in [6.45, 7) is 4.31. The molecular formula is C12H12BrN3O2. The van der Waals surface area contributed by atoms with E-state index in [1.165, 1.54) is 4.80 Å². The normalized spacial score (nSPS) is 10.6. The van der Waals surface area contributed by atoms with Crippen molar-refractivity contribution in [3.05, 3.63) is 33.9 Å². The van der Waals surface area contributed by atoms with Crippen molar-refractivity contribution in [2.45, 2.75) is 20.4 Å². The Morgan fingerprint density at radius 1 is 1.44 bits per heavy atom. The summed E-state index contributed by atoms with van der Waals surface area (Å²) in [5, 5.41) is 17.4. The number of carboxylic acids is 1. The average molecular weight is 310 g/mol. The van der Waals surface area contributed by atoms with Gasteiger partial charge in [0.15, 0.2) is 5.69 Å². The fourth-order valence-electron chi connectivity index (χ4n) is 1.66. The average Bonchev–Trinajstić information content (AvgIpc) is 2.76. The van der Waals surface area contributed by atoms with E-state index in [1.54, 1.807) is 0 Å². The molecule has 1 aromatic heterocycles. The number of hydrogen-bond donors (Lipinski definition) is 1. The number of aromatic nitrogens is 3. The first-order valence-electron chi connectivity index (χ1n) is 5.48. The van der Waals surface area contributed by atoms with Gasteiger partial charge in [-0.15, -0.1) is 5.10 Å². The molecule has 0 aliphatic heterocycles. The van der Waals surface area contributed by atoms with E-state index >= 15 is 0 Å². The number of carboxylic acid groups (broad SMARTS) is 1. The Labute approximate surface area is 113 Å². The number of nitrogens with zero attached hydrogens (tertiary/aromatic N) is 3. The Morgan fingerprint density at radius 3 is 2.78 bits per heavy atom. The largest absolute Gasteiger partial charge is 0.476 e. The van der Waals surface area contributed by atoms with Gasteiger partial charge in [-0.1, -0.05) is 22.0 Å². The van der Waals surface area contributed by atoms with E-state index in [1.807, 2.05) is 32.0 Å². The fraction of sp³-hybridized carbons (Fsp3) is 0.250. The summed E-state index contributed by atoms with van der Waals surface area (Å²) in [5.74, 6) is -1.07. The summed E-state index contributed by atoms with van der Waals surface area (Å²) < 4.78 is 0.880. The third-order valence-electron chi connectivity index (χ3n) is 2.60. The van der Waals surface area contributed by atoms with Gasteiger partial charge in [-0.3, -0.25) is 0 Å². The molecule has 1 heterocycles. The number of hydrogen-bond acceptors (Lipinski definition) is 3. The molecule has 94 valence electrons. The molecule has 2 rings (SSSR count). The molecule has 1 aromatic carbocycles. The molecule has 0 spiro atoms. The number of benzene rings is 1. The van der Waals surface area contributed by atoms with Crippen LogP contribution in [-0.2, 0) is 6.54 Å². The SMILES string of the molecule is CCn1nc(C(=O)O)c(-c2cc(Br)ccc2C)n1. The molecule has 18 heavy (non-hydrogen) atoms. The lowest BCUT2D eigenvalue weighted by molar-refractivity contribution is 0.0690. The van der Waals surface area contributed by atoms with Crippen molar-refractivity contribution in [1.82, 2.24) is 15.0 Å². The highest BCUT2D eigenvalue weighted by Crippen LogP contribution is 2.27. The summed E-state index contributed by atoms with van der Waals surface area (Å²) in [4.78, 5) is 12.6. The van der Waals surface area contributed by atoms with E-state index in [0.29, 0.717) is 12.2 Å². The van der Waals surface area contributed by atoms with Crippen LogP contribution in [-0.4, -0.2) is 26.1 Å². The quantitative estimate of drug-likeness (QED) is 0.946. The predicted molar refractivity (Wildman–Crippen MR) is 70.5 cm³/mol. The van der Waals surface area contributed by atoms with Gasteiger partial charge in [0.05, 0.1) is 6.54 Å². The molecule has 0 amide bonds. The van der Waals surface area contributed by atoms with Crippen molar-refractivity contribution >= 4 is 21.9 Å². The van der Waals surface area contributed by atoms with E-state index in [2.05, 4.69) is 26.1 Å². The van der Waals surface area contributed by atoms with Gasteiger partial charge in [0.2, 0.25) is 0 Å². The number of halogens is 1. The van der Waals surface area contributed by atoms with Gasteiger partial charge >= 0.3 is 5.97 Å². The van der Waals surface area contributed by atoms with E-state index in [9.17, 15) is 4.79 Å². The van der Waals surface area contributed by atoms with Crippen LogP contribution in [0.25, 0.3) is 11.3 Å². The summed E-state index contributed by atoms with van der Waals surface area (Å²) in [6, 6.07) is 5.67. The summed E-state index contributed by atoms with van der Waals surface area (Å²) in [6.07, 6.45) is 0. The molecule has 1 N–H and O–H groups in total. The van der Waals surface area contributed by atoms with Gasteiger partial charge in [-0.25, -0.2) is 4.79 Å². The van der Waals surface area contributed by atoms with Gasteiger partial charge in [0, 0.05) is 10.0 Å². The molecule has 0 aliphatic rings. The molecule has 0 fully saturated rings. The first-order chi connectivity index (χ1) is 8.52. The van der Waals surface area contributed by atoms with Crippen molar-refractivity contribution in [3.63, 3.8) is 0 Å². The monoisotopic (exact) mass is 309 g/mol. The van der Waals surface area contributed by atoms with Crippen molar-refractivity contribution in [3.8, 4) is 11.3 Å². The molecule has 2 aromatic rings. The third kappa shape index (κ3) is 2.28. The van der Waals surface area contributed by atoms with Gasteiger partial charge in [-0.2, -0.15) is 9.90 Å². The van der Waals surface area contributed by atoms with E-state index in [0.717, 1.165) is 15.6 Å². The standard InChI is InChI=1S/C12H12BrN3O2/c1-3-16-14-10(11(15-16)12(17)18)9-6-8(13)5-4-7(9)2/h4-6H,3H2,1-2H3,(H,17,18). The minimum Gasteiger partial charge on any atom is -0.476 e. The molecule has 5 nitrogen and oxygen atoms in total. The Balaban J connectivity index is 2.65. The highest BCUT2D eigenvalue weighted by Gasteiger charge is 2.20. The molecule has 0 atom stereocenters. The Kier molecular flexibility index (Phi) is 3.47. The van der Waals surface area contributed by atoms with Crippen LogP contribution in [0.2, 0.25) is 0 Å². The van der Waals surface area contributed by atoms with E-state index in [4.69, 9.17) is 5.11 Å². The number of aromatic carboxylic acids is 1. The molecule has 0 saturated carbocycles. The molecule has 0 saturated heterocycles. The van der Waals surface area contributed by atoms with Gasteiger partial charge in [0.1, 0.15) is 5.69 Å². The van der Waals surface area contributed by atoms with E-state index < -0.39 is 5.97 Å². The molecule has 0 aliphatic carbocycles. The third-order valence-corrected chi connectivity index (χ3v) is 3.09. The zero-order valence-electron chi connectivity index (χ0n) is 10.0. The van der Waals surface area contributed by atoms with Crippen molar-refractivity contribution in [1.29, 1.82) is 0 Å². The van der Waals surface area contributed by atoms with Crippen LogP contribution in [0.15, 0.2) is 22.7 Å². The van der Waals surface area contributed by atoms with Crippen molar-refractivity contribution in [2.75, 3.05) is 0 Å². The zero-order valence-corrected chi connectivity index (χ0v) is 11.6. The Bertz CT molecular complexity index is 607. The Morgan fingerprint density at radius 2 is 2.17 bits per heavy atom. The second kappa shape index (κ2) is 4.89. The van der Waals surface area contributed by atoms with Crippen LogP contribution in [0, 0.1) is 6.92 Å². The smallest absolute Gasteiger partial charge is 0.358 e. The molecule has 0 bridgehead atoms. The highest BCUT2D eigenvalue weighted by molar-refractivity contribution is 9.10. The maximum absolute atomic E-state index is 11.2. The summed E-state index contributed by atoms with van der Waals surface area (Å²) in [5.41, 5.74) is 2.13. The zero-order chi connectivity index (χ0) is 13.3. The topological polar surface area (TPSA) is 68.0 Å². The second-order valence-electron chi connectivity index (χ2n) is 3.85. The van der Waals surface area contributed by atoms with Crippen LogP contribution in [0.4, 0.5) is 0 Å². The van der Waals surface area contributed by atoms with Crippen LogP contribution in [0.3, 0.4) is 0 Å². The van der Waals surface area contributed by atoms with Crippen LogP contribution in [0.1, 0.15) is 23.0 Å². The summed E-state index contributed by atoms with van der Waals surface area (Å²) in [7, 11) is 0.